The van der Waals surface area contributed by atoms with Crippen LogP contribution in [0.4, 0.5) is 5.69 Å². The summed E-state index contributed by atoms with van der Waals surface area (Å²) >= 11 is 0. The summed E-state index contributed by atoms with van der Waals surface area (Å²) < 4.78 is 0. The van der Waals surface area contributed by atoms with Crippen molar-refractivity contribution in [3.8, 4) is 0 Å². The maximum absolute atomic E-state index is 12.3. The second-order valence-corrected chi connectivity index (χ2v) is 4.94. The molecule has 0 fully saturated rings. The number of carbonyl (C=O) groups excluding carboxylic acids is 1. The first-order valence-electron chi connectivity index (χ1n) is 6.45. The molecule has 100 valence electrons. The molecule has 0 saturated carbocycles. The number of rotatable bonds is 2. The highest BCUT2D eigenvalue weighted by Gasteiger charge is 2.09. The maximum atomic E-state index is 12.3. The van der Waals surface area contributed by atoms with E-state index in [1.807, 2.05) is 50.2 Å². The quantitative estimate of drug-likeness (QED) is 0.745. The number of benzene rings is 2. The molecule has 0 aliphatic carbocycles. The van der Waals surface area contributed by atoms with Gasteiger partial charge in [-0.3, -0.25) is 9.89 Å². The average molecular weight is 265 g/mol. The van der Waals surface area contributed by atoms with Crippen molar-refractivity contribution in [2.75, 3.05) is 5.32 Å². The average Bonchev–Trinajstić information content (AvgIpc) is 2.85. The van der Waals surface area contributed by atoms with E-state index in [0.717, 1.165) is 27.7 Å². The van der Waals surface area contributed by atoms with Gasteiger partial charge in [-0.1, -0.05) is 17.7 Å². The van der Waals surface area contributed by atoms with Gasteiger partial charge in [-0.25, -0.2) is 0 Å². The summed E-state index contributed by atoms with van der Waals surface area (Å²) in [5.41, 5.74) is 4.48. The van der Waals surface area contributed by atoms with Gasteiger partial charge in [0.2, 0.25) is 0 Å². The number of nitrogens with one attached hydrogen (secondary N) is 2. The van der Waals surface area contributed by atoms with E-state index in [4.69, 9.17) is 0 Å². The summed E-state index contributed by atoms with van der Waals surface area (Å²) in [6.07, 6.45) is 1.76. The number of carbonyl (C=O) groups is 1. The van der Waals surface area contributed by atoms with Crippen molar-refractivity contribution in [1.29, 1.82) is 0 Å². The Balaban J connectivity index is 1.87. The third kappa shape index (κ3) is 2.28. The van der Waals surface area contributed by atoms with Crippen molar-refractivity contribution in [2.45, 2.75) is 13.8 Å². The first kappa shape index (κ1) is 12.4. The van der Waals surface area contributed by atoms with E-state index in [1.54, 1.807) is 6.20 Å². The molecule has 0 aliphatic rings. The number of anilines is 1. The number of hydrogen-bond acceptors (Lipinski definition) is 2. The fourth-order valence-corrected chi connectivity index (χ4v) is 2.28. The van der Waals surface area contributed by atoms with E-state index in [-0.39, 0.29) is 5.91 Å². The number of fused-ring (bicyclic) bond motifs is 1. The molecular formula is C16H15N3O. The second kappa shape index (κ2) is 4.81. The largest absolute Gasteiger partial charge is 0.322 e. The van der Waals surface area contributed by atoms with Crippen molar-refractivity contribution >= 4 is 22.5 Å². The van der Waals surface area contributed by atoms with Gasteiger partial charge in [-0.05, 0) is 43.7 Å². The van der Waals surface area contributed by atoms with Crippen LogP contribution in [-0.2, 0) is 0 Å². The highest BCUT2D eigenvalue weighted by atomic mass is 16.1. The molecule has 3 aromatic rings. The van der Waals surface area contributed by atoms with Gasteiger partial charge in [0.05, 0.1) is 11.7 Å². The number of aryl methyl sites for hydroxylation is 2. The van der Waals surface area contributed by atoms with E-state index >= 15 is 0 Å². The van der Waals surface area contributed by atoms with E-state index in [2.05, 4.69) is 15.5 Å². The van der Waals surface area contributed by atoms with Crippen LogP contribution in [0.15, 0.2) is 42.6 Å². The lowest BCUT2D eigenvalue weighted by Crippen LogP contribution is -2.13. The molecule has 4 heteroatoms. The Labute approximate surface area is 116 Å². The number of aromatic amines is 1. The van der Waals surface area contributed by atoms with E-state index in [0.29, 0.717) is 5.56 Å². The molecule has 0 unspecified atom stereocenters. The summed E-state index contributed by atoms with van der Waals surface area (Å²) in [6.45, 7) is 3.96. The summed E-state index contributed by atoms with van der Waals surface area (Å²) in [6, 6.07) is 11.5. The lowest BCUT2D eigenvalue weighted by Gasteiger charge is -2.08. The maximum Gasteiger partial charge on any atom is 0.255 e. The molecule has 1 amide bonds. The predicted octanol–water partition coefficient (Wildman–Crippen LogP) is 3.43. The Morgan fingerprint density at radius 1 is 1.15 bits per heavy atom. The van der Waals surface area contributed by atoms with Gasteiger partial charge in [0.15, 0.2) is 0 Å². The summed E-state index contributed by atoms with van der Waals surface area (Å²) in [5.74, 6) is -0.0960. The molecule has 0 saturated heterocycles. The molecule has 0 spiro atoms. The molecule has 0 radical (unpaired) electrons. The highest BCUT2D eigenvalue weighted by Crippen LogP contribution is 2.18. The zero-order chi connectivity index (χ0) is 14.1. The summed E-state index contributed by atoms with van der Waals surface area (Å²) in [7, 11) is 0. The SMILES string of the molecule is Cc1ccc(C(=O)Nc2ccc3cn[nH]c3c2)c(C)c1. The van der Waals surface area contributed by atoms with Crippen LogP contribution in [0.1, 0.15) is 21.5 Å². The monoisotopic (exact) mass is 265 g/mol. The zero-order valence-electron chi connectivity index (χ0n) is 11.4. The van der Waals surface area contributed by atoms with Crippen molar-refractivity contribution in [3.63, 3.8) is 0 Å². The molecule has 2 N–H and O–H groups in total. The van der Waals surface area contributed by atoms with Gasteiger partial charge in [0.25, 0.3) is 5.91 Å². The number of hydrogen-bond donors (Lipinski definition) is 2. The molecule has 0 bridgehead atoms. The molecular weight excluding hydrogens is 250 g/mol. The standard InChI is InChI=1S/C16H15N3O/c1-10-3-6-14(11(2)7-10)16(20)18-13-5-4-12-9-17-19-15(12)8-13/h3-9H,1-2H3,(H,17,19)(H,18,20). The number of amides is 1. The second-order valence-electron chi connectivity index (χ2n) is 4.94. The smallest absolute Gasteiger partial charge is 0.255 e. The van der Waals surface area contributed by atoms with Crippen LogP contribution in [0.3, 0.4) is 0 Å². The predicted molar refractivity (Wildman–Crippen MR) is 80.0 cm³/mol. The molecule has 1 heterocycles. The van der Waals surface area contributed by atoms with Gasteiger partial charge >= 0.3 is 0 Å². The number of nitrogens with zero attached hydrogens (tertiary/aromatic N) is 1. The van der Waals surface area contributed by atoms with Crippen LogP contribution >= 0.6 is 0 Å². The lowest BCUT2D eigenvalue weighted by molar-refractivity contribution is 0.102. The molecule has 1 aromatic heterocycles. The Bertz CT molecular complexity index is 789. The van der Waals surface area contributed by atoms with Crippen LogP contribution in [0, 0.1) is 13.8 Å². The normalized spacial score (nSPS) is 10.7. The van der Waals surface area contributed by atoms with E-state index in [9.17, 15) is 4.79 Å². The van der Waals surface area contributed by atoms with Gasteiger partial charge in [0.1, 0.15) is 0 Å². The minimum Gasteiger partial charge on any atom is -0.322 e. The third-order valence-electron chi connectivity index (χ3n) is 3.33. The van der Waals surface area contributed by atoms with Crippen molar-refractivity contribution < 1.29 is 4.79 Å². The Morgan fingerprint density at radius 3 is 2.80 bits per heavy atom. The molecule has 4 nitrogen and oxygen atoms in total. The minimum atomic E-state index is -0.0960. The summed E-state index contributed by atoms with van der Waals surface area (Å²) in [4.78, 5) is 12.3. The Morgan fingerprint density at radius 2 is 2.00 bits per heavy atom. The van der Waals surface area contributed by atoms with Crippen molar-refractivity contribution in [1.82, 2.24) is 10.2 Å². The number of aromatic nitrogens is 2. The van der Waals surface area contributed by atoms with Gasteiger partial charge in [0, 0.05) is 16.6 Å². The Hall–Kier alpha value is -2.62. The highest BCUT2D eigenvalue weighted by molar-refractivity contribution is 6.06. The molecule has 20 heavy (non-hydrogen) atoms. The minimum absolute atomic E-state index is 0.0960. The number of H-pyrrole nitrogens is 1. The van der Waals surface area contributed by atoms with Gasteiger partial charge in [-0.2, -0.15) is 5.10 Å². The fraction of sp³-hybridized carbons (Fsp3) is 0.125. The van der Waals surface area contributed by atoms with Gasteiger partial charge < -0.3 is 5.32 Å². The zero-order valence-corrected chi connectivity index (χ0v) is 11.4. The first-order valence-corrected chi connectivity index (χ1v) is 6.45. The topological polar surface area (TPSA) is 57.8 Å². The van der Waals surface area contributed by atoms with Crippen LogP contribution in [-0.4, -0.2) is 16.1 Å². The first-order chi connectivity index (χ1) is 9.63. The van der Waals surface area contributed by atoms with Crippen LogP contribution in [0.5, 0.6) is 0 Å². The third-order valence-corrected chi connectivity index (χ3v) is 3.33. The van der Waals surface area contributed by atoms with Crippen LogP contribution in [0.2, 0.25) is 0 Å². The van der Waals surface area contributed by atoms with Crippen molar-refractivity contribution in [2.24, 2.45) is 0 Å². The molecule has 0 atom stereocenters. The summed E-state index contributed by atoms with van der Waals surface area (Å²) in [5, 5.41) is 10.8. The van der Waals surface area contributed by atoms with Gasteiger partial charge in [-0.15, -0.1) is 0 Å². The fourth-order valence-electron chi connectivity index (χ4n) is 2.28. The Kier molecular flexibility index (Phi) is 2.99. The van der Waals surface area contributed by atoms with Crippen LogP contribution in [0.25, 0.3) is 10.9 Å². The molecule has 0 aliphatic heterocycles. The molecule has 3 rings (SSSR count). The van der Waals surface area contributed by atoms with E-state index in [1.165, 1.54) is 0 Å². The van der Waals surface area contributed by atoms with E-state index < -0.39 is 0 Å². The van der Waals surface area contributed by atoms with Crippen LogP contribution < -0.4 is 5.32 Å². The molecule has 2 aromatic carbocycles. The van der Waals surface area contributed by atoms with Crippen molar-refractivity contribution in [3.05, 3.63) is 59.3 Å². The lowest BCUT2D eigenvalue weighted by atomic mass is 10.1.